The highest BCUT2D eigenvalue weighted by atomic mass is 16.4. The zero-order valence-electron chi connectivity index (χ0n) is 13.1. The van der Waals surface area contributed by atoms with Gasteiger partial charge in [-0.1, -0.05) is 24.3 Å². The van der Waals surface area contributed by atoms with Gasteiger partial charge >= 0.3 is 5.97 Å². The lowest BCUT2D eigenvalue weighted by molar-refractivity contribution is 0.0691. The Kier molecular flexibility index (Phi) is 3.61. The monoisotopic (exact) mass is 319 g/mol. The van der Waals surface area contributed by atoms with Crippen LogP contribution >= 0.6 is 0 Å². The first-order valence-corrected chi connectivity index (χ1v) is 8.12. The molecule has 2 heterocycles. The van der Waals surface area contributed by atoms with Gasteiger partial charge in [0.25, 0.3) is 0 Å². The molecule has 5 heteroatoms. The second kappa shape index (κ2) is 5.92. The standard InChI is InChI=1S/C19H17N3O2/c23-19(24)16-12-11-15-17(13-7-3-1-4-8-13)22(21-18(15)20-16)14-9-5-2-6-10-14/h2,5-7,9-12H,1,3-4,8H2,(H,23,24). The number of hydrogen-bond acceptors (Lipinski definition) is 3. The van der Waals surface area contributed by atoms with Crippen molar-refractivity contribution < 1.29 is 9.90 Å². The Morgan fingerprint density at radius 3 is 2.62 bits per heavy atom. The molecule has 1 aliphatic rings. The lowest BCUT2D eigenvalue weighted by atomic mass is 9.95. The smallest absolute Gasteiger partial charge is 0.354 e. The van der Waals surface area contributed by atoms with E-state index in [0.717, 1.165) is 36.0 Å². The second-order valence-corrected chi connectivity index (χ2v) is 5.94. The van der Waals surface area contributed by atoms with Crippen molar-refractivity contribution in [2.75, 3.05) is 0 Å². The molecular weight excluding hydrogens is 302 g/mol. The normalized spacial score (nSPS) is 14.6. The van der Waals surface area contributed by atoms with Crippen molar-refractivity contribution in [2.24, 2.45) is 0 Å². The fourth-order valence-electron chi connectivity index (χ4n) is 3.21. The number of carbonyl (C=O) groups is 1. The van der Waals surface area contributed by atoms with Gasteiger partial charge in [0.2, 0.25) is 0 Å². The summed E-state index contributed by atoms with van der Waals surface area (Å²) in [5.74, 6) is -1.04. The zero-order chi connectivity index (χ0) is 16.5. The number of aromatic carboxylic acids is 1. The van der Waals surface area contributed by atoms with E-state index in [1.165, 1.54) is 12.0 Å². The second-order valence-electron chi connectivity index (χ2n) is 5.94. The first kappa shape index (κ1) is 14.6. The van der Waals surface area contributed by atoms with Gasteiger partial charge in [0, 0.05) is 5.39 Å². The van der Waals surface area contributed by atoms with E-state index in [1.807, 2.05) is 41.1 Å². The predicted molar refractivity (Wildman–Crippen MR) is 92.3 cm³/mol. The van der Waals surface area contributed by atoms with Gasteiger partial charge in [0.05, 0.1) is 11.4 Å². The van der Waals surface area contributed by atoms with Crippen LogP contribution in [0.15, 0.2) is 48.5 Å². The van der Waals surface area contributed by atoms with Crippen molar-refractivity contribution in [1.29, 1.82) is 0 Å². The van der Waals surface area contributed by atoms with E-state index < -0.39 is 5.97 Å². The van der Waals surface area contributed by atoms with E-state index in [4.69, 9.17) is 0 Å². The SMILES string of the molecule is O=C(O)c1ccc2c(C3=CCCCC3)n(-c3ccccc3)nc2n1. The predicted octanol–water partition coefficient (Wildman–Crippen LogP) is 4.08. The summed E-state index contributed by atoms with van der Waals surface area (Å²) in [4.78, 5) is 15.4. The Morgan fingerprint density at radius 1 is 1.08 bits per heavy atom. The maximum atomic E-state index is 11.2. The third-order valence-electron chi connectivity index (χ3n) is 4.35. The highest BCUT2D eigenvalue weighted by molar-refractivity contribution is 5.93. The Bertz CT molecular complexity index is 942. The fraction of sp³-hybridized carbons (Fsp3) is 0.211. The molecule has 1 aromatic carbocycles. The van der Waals surface area contributed by atoms with Gasteiger partial charge in [-0.15, -0.1) is 5.10 Å². The van der Waals surface area contributed by atoms with Gasteiger partial charge in [0.15, 0.2) is 11.3 Å². The number of aromatic nitrogens is 3. The summed E-state index contributed by atoms with van der Waals surface area (Å²) in [7, 11) is 0. The largest absolute Gasteiger partial charge is 0.477 e. The molecule has 0 unspecified atom stereocenters. The van der Waals surface area contributed by atoms with Gasteiger partial charge in [-0.05, 0) is 55.5 Å². The number of carboxylic acids is 1. The molecule has 0 fully saturated rings. The molecule has 2 aromatic heterocycles. The number of pyridine rings is 1. The number of hydrogen-bond donors (Lipinski definition) is 1. The van der Waals surface area contributed by atoms with E-state index in [-0.39, 0.29) is 5.69 Å². The Labute approximate surface area is 139 Å². The number of benzene rings is 1. The summed E-state index contributed by atoms with van der Waals surface area (Å²) in [6.45, 7) is 0. The quantitative estimate of drug-likeness (QED) is 0.790. The molecule has 3 aromatic rings. The van der Waals surface area contributed by atoms with Crippen molar-refractivity contribution >= 4 is 22.6 Å². The first-order valence-electron chi connectivity index (χ1n) is 8.12. The molecule has 120 valence electrons. The topological polar surface area (TPSA) is 68.0 Å². The number of nitrogens with zero attached hydrogens (tertiary/aromatic N) is 3. The summed E-state index contributed by atoms with van der Waals surface area (Å²) in [5, 5.41) is 14.7. The molecule has 0 spiro atoms. The molecule has 0 saturated heterocycles. The van der Waals surface area contributed by atoms with Crippen molar-refractivity contribution in [3.05, 3.63) is 59.9 Å². The van der Waals surface area contributed by atoms with Crippen LogP contribution in [0.4, 0.5) is 0 Å². The fourth-order valence-corrected chi connectivity index (χ4v) is 3.21. The van der Waals surface area contributed by atoms with E-state index in [0.29, 0.717) is 5.65 Å². The third kappa shape index (κ3) is 2.48. The summed E-state index contributed by atoms with van der Waals surface area (Å²) >= 11 is 0. The number of para-hydroxylation sites is 1. The van der Waals surface area contributed by atoms with Crippen LogP contribution in [0.25, 0.3) is 22.3 Å². The number of fused-ring (bicyclic) bond motifs is 1. The van der Waals surface area contributed by atoms with Crippen LogP contribution in [0.3, 0.4) is 0 Å². The molecule has 1 aliphatic carbocycles. The zero-order valence-corrected chi connectivity index (χ0v) is 13.1. The minimum atomic E-state index is -1.04. The van der Waals surface area contributed by atoms with Crippen molar-refractivity contribution in [1.82, 2.24) is 14.8 Å². The molecule has 1 N–H and O–H groups in total. The maximum Gasteiger partial charge on any atom is 0.354 e. The maximum absolute atomic E-state index is 11.2. The minimum absolute atomic E-state index is 0.0179. The summed E-state index contributed by atoms with van der Waals surface area (Å²) in [6.07, 6.45) is 6.71. The van der Waals surface area contributed by atoms with Crippen LogP contribution in [0, 0.1) is 0 Å². The average Bonchev–Trinajstić information content (AvgIpc) is 3.01. The summed E-state index contributed by atoms with van der Waals surface area (Å²) in [5.41, 5.74) is 3.73. The van der Waals surface area contributed by atoms with Crippen LogP contribution in [0.1, 0.15) is 41.9 Å². The van der Waals surface area contributed by atoms with Gasteiger partial charge in [-0.2, -0.15) is 0 Å². The van der Waals surface area contributed by atoms with Crippen molar-refractivity contribution in [2.45, 2.75) is 25.7 Å². The Hall–Kier alpha value is -2.95. The Balaban J connectivity index is 1.98. The molecule has 4 rings (SSSR count). The summed E-state index contributed by atoms with van der Waals surface area (Å²) < 4.78 is 1.89. The Morgan fingerprint density at radius 2 is 1.92 bits per heavy atom. The number of carboxylic acid groups (broad SMARTS) is 1. The number of rotatable bonds is 3. The van der Waals surface area contributed by atoms with Crippen molar-refractivity contribution in [3.8, 4) is 5.69 Å². The lowest BCUT2D eigenvalue weighted by Crippen LogP contribution is -2.03. The number of allylic oxidation sites excluding steroid dienone is 2. The van der Waals surface area contributed by atoms with Crippen LogP contribution in [-0.2, 0) is 0 Å². The van der Waals surface area contributed by atoms with E-state index in [2.05, 4.69) is 16.2 Å². The van der Waals surface area contributed by atoms with Crippen LogP contribution in [-0.4, -0.2) is 25.8 Å². The molecule has 0 radical (unpaired) electrons. The van der Waals surface area contributed by atoms with Gasteiger partial charge in [-0.25, -0.2) is 14.5 Å². The molecule has 0 atom stereocenters. The van der Waals surface area contributed by atoms with Crippen LogP contribution in [0.2, 0.25) is 0 Å². The van der Waals surface area contributed by atoms with Gasteiger partial charge in [-0.3, -0.25) is 0 Å². The van der Waals surface area contributed by atoms with Crippen molar-refractivity contribution in [3.63, 3.8) is 0 Å². The van der Waals surface area contributed by atoms with E-state index in [9.17, 15) is 9.90 Å². The molecular formula is C19H17N3O2. The average molecular weight is 319 g/mol. The van der Waals surface area contributed by atoms with Crippen LogP contribution in [0.5, 0.6) is 0 Å². The highest BCUT2D eigenvalue weighted by Crippen LogP contribution is 2.33. The molecule has 0 bridgehead atoms. The minimum Gasteiger partial charge on any atom is -0.477 e. The highest BCUT2D eigenvalue weighted by Gasteiger charge is 2.20. The molecule has 24 heavy (non-hydrogen) atoms. The van der Waals surface area contributed by atoms with E-state index >= 15 is 0 Å². The van der Waals surface area contributed by atoms with Crippen LogP contribution < -0.4 is 0 Å². The summed E-state index contributed by atoms with van der Waals surface area (Å²) in [6, 6.07) is 13.3. The molecule has 5 nitrogen and oxygen atoms in total. The van der Waals surface area contributed by atoms with E-state index in [1.54, 1.807) is 6.07 Å². The third-order valence-corrected chi connectivity index (χ3v) is 4.35. The van der Waals surface area contributed by atoms with Gasteiger partial charge < -0.3 is 5.11 Å². The van der Waals surface area contributed by atoms with Gasteiger partial charge in [0.1, 0.15) is 0 Å². The molecule has 0 aliphatic heterocycles. The first-order chi connectivity index (χ1) is 11.7. The molecule has 0 amide bonds. The lowest BCUT2D eigenvalue weighted by Gasteiger charge is -2.15. The molecule has 0 saturated carbocycles.